The molecule has 0 aliphatic carbocycles. The van der Waals surface area contributed by atoms with Crippen molar-refractivity contribution in [1.29, 1.82) is 0 Å². The molecule has 0 bridgehead atoms. The number of carbonyl (C=O) groups is 1. The molecule has 4 aromatic rings. The maximum Gasteiger partial charge on any atom is 0.360 e. The van der Waals surface area contributed by atoms with E-state index in [0.29, 0.717) is 8.92 Å². The molecule has 1 aromatic heterocycles. The maximum absolute atomic E-state index is 11.7. The van der Waals surface area contributed by atoms with E-state index in [9.17, 15) is 9.90 Å². The van der Waals surface area contributed by atoms with Gasteiger partial charge in [0.05, 0.1) is 0 Å². The van der Waals surface area contributed by atoms with E-state index < -0.39 is 11.5 Å². The second-order valence-electron chi connectivity index (χ2n) is 7.04. The first-order chi connectivity index (χ1) is 16.1. The number of carboxylic acids is 1. The van der Waals surface area contributed by atoms with Gasteiger partial charge in [0, 0.05) is 0 Å². The van der Waals surface area contributed by atoms with Crippen molar-refractivity contribution in [2.75, 3.05) is 12.4 Å². The Morgan fingerprint density at radius 1 is 0.939 bits per heavy atom. The van der Waals surface area contributed by atoms with Crippen LogP contribution in [0.25, 0.3) is 0 Å². The standard InChI is InChI=1S/C25H20BrN3O3S/c1-32-29-21(23(30)31)20-22(26)33-24(27-20)28-25(17-11-5-2-6-12-17,18-13-7-3-8-14-18)19-15-9-4-10-16-19/h2-16H,1H3,(H,27,28)(H,30,31). The van der Waals surface area contributed by atoms with E-state index in [4.69, 9.17) is 4.84 Å². The molecule has 6 nitrogen and oxygen atoms in total. The molecular formula is C25H20BrN3O3S. The van der Waals surface area contributed by atoms with Crippen LogP contribution >= 0.6 is 27.3 Å². The minimum Gasteiger partial charge on any atom is -0.476 e. The number of hydrogen-bond acceptors (Lipinski definition) is 6. The lowest BCUT2D eigenvalue weighted by molar-refractivity contribution is -0.129. The molecule has 0 unspecified atom stereocenters. The Kier molecular flexibility index (Phi) is 6.86. The molecule has 0 radical (unpaired) electrons. The lowest BCUT2D eigenvalue weighted by Crippen LogP contribution is -2.38. The Morgan fingerprint density at radius 2 is 1.39 bits per heavy atom. The van der Waals surface area contributed by atoms with Crippen LogP contribution in [-0.4, -0.2) is 28.9 Å². The fourth-order valence-corrected chi connectivity index (χ4v) is 5.20. The summed E-state index contributed by atoms with van der Waals surface area (Å²) in [6.45, 7) is 0. The molecular weight excluding hydrogens is 502 g/mol. The molecule has 0 spiro atoms. The highest BCUT2D eigenvalue weighted by atomic mass is 79.9. The summed E-state index contributed by atoms with van der Waals surface area (Å²) in [5, 5.41) is 17.4. The van der Waals surface area contributed by atoms with Gasteiger partial charge in [-0.2, -0.15) is 0 Å². The Morgan fingerprint density at radius 3 is 1.79 bits per heavy atom. The monoisotopic (exact) mass is 521 g/mol. The normalized spacial score (nSPS) is 11.8. The van der Waals surface area contributed by atoms with E-state index in [0.717, 1.165) is 16.7 Å². The highest BCUT2D eigenvalue weighted by Crippen LogP contribution is 2.42. The van der Waals surface area contributed by atoms with Crippen molar-refractivity contribution in [3.63, 3.8) is 0 Å². The fraction of sp³-hybridized carbons (Fsp3) is 0.0800. The molecule has 166 valence electrons. The molecule has 0 atom stereocenters. The van der Waals surface area contributed by atoms with Crippen molar-refractivity contribution in [3.8, 4) is 0 Å². The van der Waals surface area contributed by atoms with Crippen LogP contribution in [0.2, 0.25) is 0 Å². The smallest absolute Gasteiger partial charge is 0.360 e. The van der Waals surface area contributed by atoms with Crippen molar-refractivity contribution in [2.24, 2.45) is 5.16 Å². The molecule has 0 saturated heterocycles. The summed E-state index contributed by atoms with van der Waals surface area (Å²) in [5.74, 6) is -1.23. The minimum atomic E-state index is -1.23. The van der Waals surface area contributed by atoms with Gasteiger partial charge in [0.2, 0.25) is 5.71 Å². The number of oxime groups is 1. The van der Waals surface area contributed by atoms with Gasteiger partial charge in [-0.1, -0.05) is 107 Å². The highest BCUT2D eigenvalue weighted by molar-refractivity contribution is 9.11. The molecule has 8 heteroatoms. The van der Waals surface area contributed by atoms with Crippen molar-refractivity contribution < 1.29 is 14.7 Å². The Labute approximate surface area is 203 Å². The number of thiazole rings is 1. The molecule has 2 N–H and O–H groups in total. The quantitative estimate of drug-likeness (QED) is 0.175. The third-order valence-electron chi connectivity index (χ3n) is 5.11. The van der Waals surface area contributed by atoms with Gasteiger partial charge in [-0.05, 0) is 32.6 Å². The minimum absolute atomic E-state index is 0.194. The molecule has 0 saturated carbocycles. The number of aromatic nitrogens is 1. The number of halogens is 1. The first kappa shape index (κ1) is 22.7. The summed E-state index contributed by atoms with van der Waals surface area (Å²) in [6, 6.07) is 30.3. The number of anilines is 1. The average molecular weight is 522 g/mol. The fourth-order valence-electron chi connectivity index (χ4n) is 3.72. The number of carboxylic acid groups (broad SMARTS) is 1. The third-order valence-corrected chi connectivity index (χ3v) is 6.73. The van der Waals surface area contributed by atoms with Crippen molar-refractivity contribution in [1.82, 2.24) is 4.98 Å². The maximum atomic E-state index is 11.7. The SMILES string of the molecule is CON=C(C(=O)O)c1nc(NC(c2ccccc2)(c2ccccc2)c2ccccc2)sc1Br. The zero-order chi connectivity index (χ0) is 23.3. The number of nitrogens with one attached hydrogen (secondary N) is 1. The van der Waals surface area contributed by atoms with Crippen LogP contribution in [0.15, 0.2) is 99.9 Å². The van der Waals surface area contributed by atoms with Crippen molar-refractivity contribution >= 4 is 44.1 Å². The number of benzene rings is 3. The van der Waals surface area contributed by atoms with Gasteiger partial charge in [0.25, 0.3) is 0 Å². The van der Waals surface area contributed by atoms with E-state index in [1.165, 1.54) is 18.4 Å². The second kappa shape index (κ2) is 9.97. The molecule has 3 aromatic carbocycles. The lowest BCUT2D eigenvalue weighted by atomic mass is 9.77. The molecule has 0 aliphatic heterocycles. The molecule has 0 aliphatic rings. The van der Waals surface area contributed by atoms with Gasteiger partial charge < -0.3 is 15.3 Å². The van der Waals surface area contributed by atoms with Crippen LogP contribution in [0.3, 0.4) is 0 Å². The Balaban J connectivity index is 1.93. The highest BCUT2D eigenvalue weighted by Gasteiger charge is 2.37. The van der Waals surface area contributed by atoms with E-state index in [1.54, 1.807) is 0 Å². The Hall–Kier alpha value is -3.49. The molecule has 4 rings (SSSR count). The third kappa shape index (κ3) is 4.53. The van der Waals surface area contributed by atoms with Gasteiger partial charge >= 0.3 is 5.97 Å². The molecule has 0 fully saturated rings. The lowest BCUT2D eigenvalue weighted by Gasteiger charge is -2.36. The molecule has 0 amide bonds. The molecule has 33 heavy (non-hydrogen) atoms. The summed E-state index contributed by atoms with van der Waals surface area (Å²) in [6.07, 6.45) is 0. The van der Waals surface area contributed by atoms with E-state index in [2.05, 4.69) is 67.8 Å². The number of hydrogen-bond donors (Lipinski definition) is 2. The van der Waals surface area contributed by atoms with Crippen LogP contribution in [0.4, 0.5) is 5.13 Å². The van der Waals surface area contributed by atoms with Gasteiger partial charge in [-0.25, -0.2) is 9.78 Å². The predicted octanol–water partition coefficient (Wildman–Crippen LogP) is 5.74. The summed E-state index contributed by atoms with van der Waals surface area (Å²) < 4.78 is 0.534. The first-order valence-electron chi connectivity index (χ1n) is 10.0. The van der Waals surface area contributed by atoms with E-state index in [-0.39, 0.29) is 11.4 Å². The van der Waals surface area contributed by atoms with Crippen molar-refractivity contribution in [3.05, 3.63) is 117 Å². The zero-order valence-electron chi connectivity index (χ0n) is 17.6. The second-order valence-corrected chi connectivity index (χ2v) is 9.36. The van der Waals surface area contributed by atoms with Crippen LogP contribution in [0, 0.1) is 0 Å². The van der Waals surface area contributed by atoms with Gasteiger partial charge in [-0.3, -0.25) is 0 Å². The van der Waals surface area contributed by atoms with Crippen LogP contribution in [-0.2, 0) is 15.2 Å². The first-order valence-corrected chi connectivity index (χ1v) is 11.6. The summed E-state index contributed by atoms with van der Waals surface area (Å²) >= 11 is 4.74. The van der Waals surface area contributed by atoms with Crippen LogP contribution in [0.5, 0.6) is 0 Å². The number of aliphatic carboxylic acids is 1. The number of rotatable bonds is 8. The average Bonchev–Trinajstić information content (AvgIpc) is 3.21. The summed E-state index contributed by atoms with van der Waals surface area (Å²) in [7, 11) is 1.30. The summed E-state index contributed by atoms with van der Waals surface area (Å²) in [5.41, 5.74) is 2.18. The largest absolute Gasteiger partial charge is 0.476 e. The van der Waals surface area contributed by atoms with Crippen LogP contribution < -0.4 is 5.32 Å². The van der Waals surface area contributed by atoms with Gasteiger partial charge in [0.1, 0.15) is 22.1 Å². The van der Waals surface area contributed by atoms with Gasteiger partial charge in [0.15, 0.2) is 5.13 Å². The Bertz CT molecular complexity index is 1170. The van der Waals surface area contributed by atoms with Crippen LogP contribution in [0.1, 0.15) is 22.4 Å². The topological polar surface area (TPSA) is 83.8 Å². The number of nitrogens with zero attached hydrogens (tertiary/aromatic N) is 2. The van der Waals surface area contributed by atoms with Gasteiger partial charge in [-0.15, -0.1) is 0 Å². The van der Waals surface area contributed by atoms with E-state index in [1.807, 2.05) is 54.6 Å². The van der Waals surface area contributed by atoms with E-state index >= 15 is 0 Å². The predicted molar refractivity (Wildman–Crippen MR) is 134 cm³/mol. The zero-order valence-corrected chi connectivity index (χ0v) is 20.0. The van der Waals surface area contributed by atoms with Crippen molar-refractivity contribution in [2.45, 2.75) is 5.54 Å². The molecule has 1 heterocycles. The summed E-state index contributed by atoms with van der Waals surface area (Å²) in [4.78, 5) is 21.0.